The van der Waals surface area contributed by atoms with E-state index in [0.717, 1.165) is 33.4 Å². The molecule has 5 nitrogen and oxygen atoms in total. The largest absolute Gasteiger partial charge is 0.697 e. The minimum Gasteiger partial charge on any atom is -0.294 e. The van der Waals surface area contributed by atoms with Gasteiger partial charge in [-0.25, -0.2) is 0 Å². The summed E-state index contributed by atoms with van der Waals surface area (Å²) in [6.45, 7) is 11.6. The van der Waals surface area contributed by atoms with Gasteiger partial charge in [-0.1, -0.05) is 35.4 Å². The summed E-state index contributed by atoms with van der Waals surface area (Å²) in [5.41, 5.74) is 7.32. The maximum absolute atomic E-state index is 12.5. The van der Waals surface area contributed by atoms with Crippen LogP contribution in [-0.4, -0.2) is 24.8 Å². The van der Waals surface area contributed by atoms with Crippen LogP contribution in [0.5, 0.6) is 0 Å². The predicted molar refractivity (Wildman–Crippen MR) is 119 cm³/mol. The second-order valence-corrected chi connectivity index (χ2v) is 8.75. The van der Waals surface area contributed by atoms with Crippen LogP contribution in [0.4, 0.5) is 0 Å². The Hall–Kier alpha value is -2.20. The van der Waals surface area contributed by atoms with E-state index in [1.807, 2.05) is 65.8 Å². The van der Waals surface area contributed by atoms with Crippen molar-refractivity contribution in [1.82, 2.24) is 0 Å². The molecule has 0 aromatic heterocycles. The number of aryl methyl sites for hydroxylation is 6. The van der Waals surface area contributed by atoms with Crippen molar-refractivity contribution in [3.8, 4) is 0 Å². The molecule has 0 saturated heterocycles. The van der Waals surface area contributed by atoms with E-state index < -0.39 is 8.25 Å². The number of benzene rings is 2. The Morgan fingerprint density at radius 2 is 0.967 bits per heavy atom. The summed E-state index contributed by atoms with van der Waals surface area (Å²) < 4.78 is 22.2. The molecule has 0 aliphatic carbocycles. The van der Waals surface area contributed by atoms with Crippen LogP contribution < -0.4 is 0 Å². The molecule has 0 aliphatic heterocycles. The van der Waals surface area contributed by atoms with Crippen LogP contribution in [0, 0.1) is 41.5 Å². The molecular formula is C24H30O5P+. The fourth-order valence-electron chi connectivity index (χ4n) is 3.95. The molecule has 2 aromatic rings. The van der Waals surface area contributed by atoms with Crippen molar-refractivity contribution < 1.29 is 23.2 Å². The minimum atomic E-state index is -2.38. The molecule has 0 spiro atoms. The normalized spacial score (nSPS) is 10.9. The molecule has 0 bridgehead atoms. The van der Waals surface area contributed by atoms with Crippen molar-refractivity contribution >= 4 is 19.8 Å². The Balaban J connectivity index is 1.78. The highest BCUT2D eigenvalue weighted by Crippen LogP contribution is 2.26. The van der Waals surface area contributed by atoms with Gasteiger partial charge in [0, 0.05) is 28.5 Å². The lowest BCUT2D eigenvalue weighted by atomic mass is 9.95. The number of hydrogen-bond acceptors (Lipinski definition) is 5. The van der Waals surface area contributed by atoms with Crippen LogP contribution in [0.25, 0.3) is 0 Å². The average Bonchev–Trinajstić information content (AvgIpc) is 2.59. The molecule has 0 heterocycles. The van der Waals surface area contributed by atoms with Crippen LogP contribution in [0.1, 0.15) is 66.9 Å². The van der Waals surface area contributed by atoms with Crippen LogP contribution in [-0.2, 0) is 13.6 Å². The molecule has 0 N–H and O–H groups in total. The summed E-state index contributed by atoms with van der Waals surface area (Å²) in [5.74, 6) is -0.0946. The highest BCUT2D eigenvalue weighted by molar-refractivity contribution is 7.33. The van der Waals surface area contributed by atoms with Gasteiger partial charge in [-0.2, -0.15) is 0 Å². The summed E-state index contributed by atoms with van der Waals surface area (Å²) in [4.78, 5) is 24.9. The number of ketones is 2. The molecule has 0 atom stereocenters. The second kappa shape index (κ2) is 10.7. The summed E-state index contributed by atoms with van der Waals surface area (Å²) in [6.07, 6.45) is 0.242. The number of carbonyl (C=O) groups excluding carboxylic acids is 2. The lowest BCUT2D eigenvalue weighted by molar-refractivity contribution is 0.0953. The number of Topliss-reactive ketones (excluding diaryl/α,β-unsaturated/α-hetero) is 2. The first-order chi connectivity index (χ1) is 14.1. The molecule has 160 valence electrons. The van der Waals surface area contributed by atoms with Crippen molar-refractivity contribution in [2.75, 3.05) is 13.2 Å². The summed E-state index contributed by atoms with van der Waals surface area (Å²) >= 11 is 0. The highest BCUT2D eigenvalue weighted by Gasteiger charge is 2.23. The molecule has 0 saturated carbocycles. The Kier molecular flexibility index (Phi) is 8.60. The summed E-state index contributed by atoms with van der Waals surface area (Å²) in [7, 11) is -2.38. The topological polar surface area (TPSA) is 69.7 Å². The maximum Gasteiger partial charge on any atom is 0.697 e. The van der Waals surface area contributed by atoms with E-state index in [9.17, 15) is 14.2 Å². The van der Waals surface area contributed by atoms with E-state index in [1.54, 1.807) is 0 Å². The van der Waals surface area contributed by atoms with Crippen molar-refractivity contribution in [3.05, 3.63) is 68.8 Å². The van der Waals surface area contributed by atoms with E-state index in [-0.39, 0.29) is 37.6 Å². The Morgan fingerprint density at radius 3 is 1.27 bits per heavy atom. The lowest BCUT2D eigenvalue weighted by Gasteiger charge is -2.09. The lowest BCUT2D eigenvalue weighted by Crippen LogP contribution is -2.09. The van der Waals surface area contributed by atoms with Gasteiger partial charge in [0.25, 0.3) is 0 Å². The molecule has 30 heavy (non-hydrogen) atoms. The third-order valence-corrected chi connectivity index (χ3v) is 5.75. The first kappa shape index (κ1) is 24.1. The first-order valence-corrected chi connectivity index (χ1v) is 11.1. The van der Waals surface area contributed by atoms with E-state index in [2.05, 4.69) is 0 Å². The van der Waals surface area contributed by atoms with Crippen molar-refractivity contribution in [1.29, 1.82) is 0 Å². The summed E-state index contributed by atoms with van der Waals surface area (Å²) in [6, 6.07) is 7.89. The predicted octanol–water partition coefficient (Wildman–Crippen LogP) is 6.07. The van der Waals surface area contributed by atoms with Crippen molar-refractivity contribution in [2.24, 2.45) is 0 Å². The van der Waals surface area contributed by atoms with Crippen molar-refractivity contribution in [2.45, 2.75) is 54.4 Å². The molecular weight excluding hydrogens is 399 g/mol. The van der Waals surface area contributed by atoms with E-state index in [4.69, 9.17) is 9.05 Å². The maximum atomic E-state index is 12.5. The molecule has 6 heteroatoms. The Labute approximate surface area is 179 Å². The zero-order chi connectivity index (χ0) is 22.4. The van der Waals surface area contributed by atoms with Gasteiger partial charge in [-0.15, -0.1) is 9.05 Å². The highest BCUT2D eigenvalue weighted by atomic mass is 31.1. The quantitative estimate of drug-likeness (QED) is 0.338. The number of carbonyl (C=O) groups is 2. The fraction of sp³-hybridized carbons (Fsp3) is 0.417. The van der Waals surface area contributed by atoms with Gasteiger partial charge in [0.2, 0.25) is 0 Å². The monoisotopic (exact) mass is 429 g/mol. The van der Waals surface area contributed by atoms with Gasteiger partial charge in [0.1, 0.15) is 13.2 Å². The van der Waals surface area contributed by atoms with Crippen molar-refractivity contribution in [3.63, 3.8) is 0 Å². The molecule has 0 fully saturated rings. The Morgan fingerprint density at radius 1 is 0.667 bits per heavy atom. The zero-order valence-electron chi connectivity index (χ0n) is 18.6. The first-order valence-electron chi connectivity index (χ1n) is 10.0. The molecule has 0 radical (unpaired) electrons. The molecule has 0 amide bonds. The molecule has 0 unspecified atom stereocenters. The molecule has 2 aromatic carbocycles. The van der Waals surface area contributed by atoms with E-state index in [0.29, 0.717) is 11.1 Å². The SMILES string of the molecule is Cc1cc(C)c(C(=O)CCO[P+](=O)OCCC(=O)c2c(C)cc(C)cc2C)c(C)c1. The van der Waals surface area contributed by atoms with E-state index in [1.165, 1.54) is 0 Å². The van der Waals surface area contributed by atoms with Gasteiger partial charge in [0.05, 0.1) is 0 Å². The van der Waals surface area contributed by atoms with Crippen LogP contribution in [0.3, 0.4) is 0 Å². The van der Waals surface area contributed by atoms with Crippen LogP contribution >= 0.6 is 8.25 Å². The smallest absolute Gasteiger partial charge is 0.294 e. The van der Waals surface area contributed by atoms with Gasteiger partial charge >= 0.3 is 8.25 Å². The zero-order valence-corrected chi connectivity index (χ0v) is 19.5. The van der Waals surface area contributed by atoms with Crippen LogP contribution in [0.2, 0.25) is 0 Å². The Bertz CT molecular complexity index is 854. The molecule has 2 rings (SSSR count). The number of rotatable bonds is 10. The van der Waals surface area contributed by atoms with Crippen LogP contribution in [0.15, 0.2) is 24.3 Å². The van der Waals surface area contributed by atoms with Gasteiger partial charge in [0.15, 0.2) is 11.6 Å². The minimum absolute atomic E-state index is 0.00488. The standard InChI is InChI=1S/C24H30O5P/c1-15-11-17(3)23(18(4)12-15)21(25)7-9-28-30(27)29-10-8-22(26)24-19(5)13-16(2)14-20(24)6/h11-14H,7-10H2,1-6H3/q+1. The van der Waals surface area contributed by atoms with Gasteiger partial charge in [-0.05, 0) is 63.8 Å². The second-order valence-electron chi connectivity index (χ2n) is 7.78. The number of hydrogen-bond donors (Lipinski definition) is 0. The van der Waals surface area contributed by atoms with Gasteiger partial charge < -0.3 is 0 Å². The average molecular weight is 429 g/mol. The molecule has 0 aliphatic rings. The third-order valence-electron chi connectivity index (χ3n) is 4.96. The third kappa shape index (κ3) is 6.40. The van der Waals surface area contributed by atoms with E-state index >= 15 is 0 Å². The fourth-order valence-corrected chi connectivity index (χ4v) is 4.51. The van der Waals surface area contributed by atoms with Gasteiger partial charge in [-0.3, -0.25) is 9.59 Å². The summed E-state index contributed by atoms with van der Waals surface area (Å²) in [5, 5.41) is 0.